The first-order chi connectivity index (χ1) is 11.8. The van der Waals surface area contributed by atoms with Crippen LogP contribution in [-0.4, -0.2) is 12.0 Å². The summed E-state index contributed by atoms with van der Waals surface area (Å²) in [7, 11) is 0. The van der Waals surface area contributed by atoms with Crippen molar-refractivity contribution in [1.29, 1.82) is 0 Å². The number of carbonyl (C=O) groups excluding carboxylic acids is 1. The molecule has 0 spiro atoms. The Balaban J connectivity index is 2.21. The quantitative estimate of drug-likeness (QED) is 0.739. The average Bonchev–Trinajstić information content (AvgIpc) is 2.54. The molecule has 3 heteroatoms. The number of aryl methyl sites for hydroxylation is 1. The van der Waals surface area contributed by atoms with E-state index in [1.807, 2.05) is 31.2 Å². The van der Waals surface area contributed by atoms with Gasteiger partial charge in [-0.2, -0.15) is 0 Å². The van der Waals surface area contributed by atoms with Gasteiger partial charge in [-0.1, -0.05) is 58.0 Å². The maximum absolute atomic E-state index is 12.7. The molecular formula is C22H29NO2. The fourth-order valence-corrected chi connectivity index (χ4v) is 2.87. The van der Waals surface area contributed by atoms with Crippen LogP contribution in [0.5, 0.6) is 5.75 Å². The van der Waals surface area contributed by atoms with Crippen molar-refractivity contribution in [3.63, 3.8) is 0 Å². The Bertz CT molecular complexity index is 708. The second-order valence-corrected chi connectivity index (χ2v) is 7.19. The van der Waals surface area contributed by atoms with E-state index in [4.69, 9.17) is 4.74 Å². The lowest BCUT2D eigenvalue weighted by Gasteiger charge is -2.22. The van der Waals surface area contributed by atoms with Crippen molar-refractivity contribution in [2.45, 2.75) is 59.5 Å². The molecule has 134 valence electrons. The summed E-state index contributed by atoms with van der Waals surface area (Å²) in [6.07, 6.45) is -0.568. The summed E-state index contributed by atoms with van der Waals surface area (Å²) in [4.78, 5) is 12.7. The summed E-state index contributed by atoms with van der Waals surface area (Å²) in [6.45, 7) is 12.4. The number of carbonyl (C=O) groups is 1. The molecule has 1 amide bonds. The summed E-state index contributed by atoms with van der Waals surface area (Å²) in [5.74, 6) is 1.25. The van der Waals surface area contributed by atoms with Crippen molar-refractivity contribution in [2.24, 2.45) is 0 Å². The molecule has 0 aromatic heterocycles. The van der Waals surface area contributed by atoms with Crippen LogP contribution in [0.25, 0.3) is 0 Å². The van der Waals surface area contributed by atoms with Gasteiger partial charge in [-0.25, -0.2) is 0 Å². The van der Waals surface area contributed by atoms with Crippen molar-refractivity contribution in [1.82, 2.24) is 0 Å². The van der Waals surface area contributed by atoms with Crippen LogP contribution in [0, 0.1) is 6.92 Å². The van der Waals surface area contributed by atoms with Crippen molar-refractivity contribution in [3.05, 3.63) is 59.2 Å². The normalized spacial score (nSPS) is 12.3. The first-order valence-electron chi connectivity index (χ1n) is 8.96. The third-order valence-corrected chi connectivity index (χ3v) is 4.29. The van der Waals surface area contributed by atoms with Gasteiger partial charge in [0.05, 0.1) is 0 Å². The first kappa shape index (κ1) is 19.0. The lowest BCUT2D eigenvalue weighted by atomic mass is 9.92. The third kappa shape index (κ3) is 4.85. The highest BCUT2D eigenvalue weighted by molar-refractivity contribution is 5.95. The summed E-state index contributed by atoms with van der Waals surface area (Å²) in [5.41, 5.74) is 4.35. The van der Waals surface area contributed by atoms with Gasteiger partial charge in [0.25, 0.3) is 5.91 Å². The number of hydrogen-bond donors (Lipinski definition) is 1. The molecule has 0 aliphatic heterocycles. The van der Waals surface area contributed by atoms with Gasteiger partial charge >= 0.3 is 0 Å². The minimum atomic E-state index is -0.568. The number of benzene rings is 2. The molecular weight excluding hydrogens is 310 g/mol. The lowest BCUT2D eigenvalue weighted by molar-refractivity contribution is -0.122. The molecule has 25 heavy (non-hydrogen) atoms. The van der Waals surface area contributed by atoms with Gasteiger partial charge in [0.1, 0.15) is 5.75 Å². The molecule has 0 bridgehead atoms. The van der Waals surface area contributed by atoms with E-state index in [0.29, 0.717) is 17.6 Å². The summed E-state index contributed by atoms with van der Waals surface area (Å²) < 4.78 is 5.82. The number of amides is 1. The highest BCUT2D eigenvalue weighted by atomic mass is 16.5. The fraction of sp³-hybridized carbons (Fsp3) is 0.409. The van der Waals surface area contributed by atoms with Gasteiger partial charge in [-0.05, 0) is 54.5 Å². The standard InChI is InChI=1S/C22H29NO2/c1-14(2)19-11-8-12-20(15(3)4)21(19)23-22(24)17(6)25-18-10-7-9-16(5)13-18/h7-15,17H,1-6H3,(H,23,24)/t17-/m1/s1. The van der Waals surface area contributed by atoms with Crippen molar-refractivity contribution in [2.75, 3.05) is 5.32 Å². The Morgan fingerprint density at radius 3 is 2.00 bits per heavy atom. The van der Waals surface area contributed by atoms with E-state index in [2.05, 4.69) is 51.2 Å². The fourth-order valence-electron chi connectivity index (χ4n) is 2.87. The topological polar surface area (TPSA) is 38.3 Å². The van der Waals surface area contributed by atoms with E-state index < -0.39 is 6.10 Å². The molecule has 1 N–H and O–H groups in total. The average molecular weight is 339 g/mol. The molecule has 3 nitrogen and oxygen atoms in total. The molecule has 2 aromatic carbocycles. The van der Waals surface area contributed by atoms with Crippen LogP contribution in [0.3, 0.4) is 0 Å². The molecule has 0 aliphatic carbocycles. The summed E-state index contributed by atoms with van der Waals surface area (Å²) in [5, 5.41) is 3.11. The van der Waals surface area contributed by atoms with Crippen LogP contribution in [0.15, 0.2) is 42.5 Å². The van der Waals surface area contributed by atoms with E-state index in [9.17, 15) is 4.79 Å². The molecule has 0 saturated carbocycles. The molecule has 0 heterocycles. The zero-order chi connectivity index (χ0) is 18.6. The van der Waals surface area contributed by atoms with Crippen molar-refractivity contribution < 1.29 is 9.53 Å². The number of hydrogen-bond acceptors (Lipinski definition) is 2. The van der Waals surface area contributed by atoms with Gasteiger partial charge < -0.3 is 10.1 Å². The van der Waals surface area contributed by atoms with E-state index in [-0.39, 0.29) is 5.91 Å². The van der Waals surface area contributed by atoms with E-state index in [1.54, 1.807) is 6.92 Å². The lowest BCUT2D eigenvalue weighted by Crippen LogP contribution is -2.31. The molecule has 1 atom stereocenters. The summed E-state index contributed by atoms with van der Waals surface area (Å²) in [6, 6.07) is 14.0. The van der Waals surface area contributed by atoms with Gasteiger partial charge in [-0.15, -0.1) is 0 Å². The van der Waals surface area contributed by atoms with E-state index >= 15 is 0 Å². The number of anilines is 1. The minimum absolute atomic E-state index is 0.128. The Kier molecular flexibility index (Phi) is 6.24. The molecule has 2 aromatic rings. The molecule has 0 radical (unpaired) electrons. The van der Waals surface area contributed by atoms with Crippen molar-refractivity contribution in [3.8, 4) is 5.75 Å². The largest absolute Gasteiger partial charge is 0.481 e. The zero-order valence-corrected chi connectivity index (χ0v) is 16.1. The Morgan fingerprint density at radius 1 is 0.920 bits per heavy atom. The van der Waals surface area contributed by atoms with Crippen LogP contribution in [0.1, 0.15) is 63.1 Å². The molecule has 0 saturated heterocycles. The SMILES string of the molecule is Cc1cccc(O[C@H](C)C(=O)Nc2c(C(C)C)cccc2C(C)C)c1. The molecule has 0 fully saturated rings. The highest BCUT2D eigenvalue weighted by Crippen LogP contribution is 2.32. The van der Waals surface area contributed by atoms with Crippen LogP contribution in [0.4, 0.5) is 5.69 Å². The minimum Gasteiger partial charge on any atom is -0.481 e. The van der Waals surface area contributed by atoms with Crippen LogP contribution >= 0.6 is 0 Å². The van der Waals surface area contributed by atoms with Gasteiger partial charge in [-0.3, -0.25) is 4.79 Å². The Labute approximate surface area is 151 Å². The number of ether oxygens (including phenoxy) is 1. The third-order valence-electron chi connectivity index (χ3n) is 4.29. The van der Waals surface area contributed by atoms with Gasteiger partial charge in [0, 0.05) is 5.69 Å². The van der Waals surface area contributed by atoms with Gasteiger partial charge in [0.15, 0.2) is 6.10 Å². The van der Waals surface area contributed by atoms with Crippen LogP contribution in [0.2, 0.25) is 0 Å². The summed E-state index contributed by atoms with van der Waals surface area (Å²) >= 11 is 0. The number of rotatable bonds is 6. The second-order valence-electron chi connectivity index (χ2n) is 7.19. The molecule has 0 aliphatic rings. The first-order valence-corrected chi connectivity index (χ1v) is 8.96. The zero-order valence-electron chi connectivity index (χ0n) is 16.1. The number of nitrogens with one attached hydrogen (secondary N) is 1. The van der Waals surface area contributed by atoms with Crippen molar-refractivity contribution >= 4 is 11.6 Å². The smallest absolute Gasteiger partial charge is 0.265 e. The predicted molar refractivity (Wildman–Crippen MR) is 105 cm³/mol. The van der Waals surface area contributed by atoms with Gasteiger partial charge in [0.2, 0.25) is 0 Å². The van der Waals surface area contributed by atoms with Crippen LogP contribution in [-0.2, 0) is 4.79 Å². The predicted octanol–water partition coefficient (Wildman–Crippen LogP) is 5.65. The molecule has 0 unspecified atom stereocenters. The number of para-hydroxylation sites is 1. The maximum Gasteiger partial charge on any atom is 0.265 e. The second kappa shape index (κ2) is 8.19. The Morgan fingerprint density at radius 2 is 1.48 bits per heavy atom. The Hall–Kier alpha value is -2.29. The highest BCUT2D eigenvalue weighted by Gasteiger charge is 2.20. The maximum atomic E-state index is 12.7. The van der Waals surface area contributed by atoms with E-state index in [1.165, 1.54) is 0 Å². The monoisotopic (exact) mass is 339 g/mol. The van der Waals surface area contributed by atoms with Crippen LogP contribution < -0.4 is 10.1 Å². The van der Waals surface area contributed by atoms with E-state index in [0.717, 1.165) is 22.4 Å². The molecule has 2 rings (SSSR count).